The SMILES string of the molecule is CCCCCc1ccc(-c2ccccc2)c(O)c1O. The molecule has 2 aromatic rings. The largest absolute Gasteiger partial charge is 0.504 e. The molecule has 0 atom stereocenters. The van der Waals surface area contributed by atoms with Crippen LogP contribution in [0.3, 0.4) is 0 Å². The molecule has 0 unspecified atom stereocenters. The van der Waals surface area contributed by atoms with Crippen LogP contribution in [0, 0.1) is 0 Å². The Morgan fingerprint density at radius 3 is 2.26 bits per heavy atom. The van der Waals surface area contributed by atoms with Crippen LogP contribution in [0.4, 0.5) is 0 Å². The van der Waals surface area contributed by atoms with Gasteiger partial charge >= 0.3 is 0 Å². The highest BCUT2D eigenvalue weighted by Crippen LogP contribution is 2.39. The van der Waals surface area contributed by atoms with Crippen molar-refractivity contribution in [3.8, 4) is 22.6 Å². The van der Waals surface area contributed by atoms with Crippen LogP contribution in [0.2, 0.25) is 0 Å². The summed E-state index contributed by atoms with van der Waals surface area (Å²) < 4.78 is 0. The van der Waals surface area contributed by atoms with Crippen LogP contribution in [0.25, 0.3) is 11.1 Å². The molecule has 0 bridgehead atoms. The minimum absolute atomic E-state index is 0.0137. The second-order valence-electron chi connectivity index (χ2n) is 4.79. The van der Waals surface area contributed by atoms with Gasteiger partial charge in [0.15, 0.2) is 11.5 Å². The molecule has 19 heavy (non-hydrogen) atoms. The lowest BCUT2D eigenvalue weighted by Crippen LogP contribution is -1.89. The third kappa shape index (κ3) is 3.08. The van der Waals surface area contributed by atoms with Gasteiger partial charge in [0.25, 0.3) is 0 Å². The Morgan fingerprint density at radius 2 is 1.58 bits per heavy atom. The van der Waals surface area contributed by atoms with Gasteiger partial charge in [-0.25, -0.2) is 0 Å². The molecule has 2 aromatic carbocycles. The number of rotatable bonds is 5. The van der Waals surface area contributed by atoms with E-state index in [9.17, 15) is 10.2 Å². The van der Waals surface area contributed by atoms with Crippen molar-refractivity contribution in [2.24, 2.45) is 0 Å². The lowest BCUT2D eigenvalue weighted by Gasteiger charge is -2.10. The van der Waals surface area contributed by atoms with Crippen LogP contribution in [0.15, 0.2) is 42.5 Å². The van der Waals surface area contributed by atoms with E-state index in [-0.39, 0.29) is 11.5 Å². The molecule has 2 nitrogen and oxygen atoms in total. The molecule has 100 valence electrons. The molecule has 2 rings (SSSR count). The number of aromatic hydroxyl groups is 2. The fraction of sp³-hybridized carbons (Fsp3) is 0.294. The molecule has 0 saturated carbocycles. The minimum Gasteiger partial charge on any atom is -0.504 e. The first kappa shape index (κ1) is 13.5. The first-order valence-electron chi connectivity index (χ1n) is 6.83. The van der Waals surface area contributed by atoms with Crippen molar-refractivity contribution in [2.75, 3.05) is 0 Å². The maximum Gasteiger partial charge on any atom is 0.165 e. The normalized spacial score (nSPS) is 10.6. The Bertz CT molecular complexity index is 532. The van der Waals surface area contributed by atoms with Gasteiger partial charge in [0.1, 0.15) is 0 Å². The summed E-state index contributed by atoms with van der Waals surface area (Å²) in [6.07, 6.45) is 4.13. The molecule has 0 saturated heterocycles. The quantitative estimate of drug-likeness (QED) is 0.611. The van der Waals surface area contributed by atoms with Crippen molar-refractivity contribution in [1.29, 1.82) is 0 Å². The summed E-state index contributed by atoms with van der Waals surface area (Å²) in [5.41, 5.74) is 2.42. The average Bonchev–Trinajstić information content (AvgIpc) is 2.45. The van der Waals surface area contributed by atoms with Gasteiger partial charge in [0.05, 0.1) is 0 Å². The van der Waals surface area contributed by atoms with Gasteiger partial charge in [-0.3, -0.25) is 0 Å². The maximum absolute atomic E-state index is 10.1. The number of hydrogen-bond acceptors (Lipinski definition) is 2. The van der Waals surface area contributed by atoms with Crippen LogP contribution < -0.4 is 0 Å². The molecular weight excluding hydrogens is 236 g/mol. The Hall–Kier alpha value is -1.96. The van der Waals surface area contributed by atoms with Crippen molar-refractivity contribution in [1.82, 2.24) is 0 Å². The number of aryl methyl sites for hydroxylation is 1. The molecule has 0 fully saturated rings. The topological polar surface area (TPSA) is 40.5 Å². The van der Waals surface area contributed by atoms with Gasteiger partial charge in [-0.1, -0.05) is 62.2 Å². The van der Waals surface area contributed by atoms with Gasteiger partial charge in [-0.05, 0) is 24.0 Å². The maximum atomic E-state index is 10.1. The molecule has 0 aliphatic heterocycles. The Kier molecular flexibility index (Phi) is 4.45. The van der Waals surface area contributed by atoms with E-state index in [2.05, 4.69) is 6.92 Å². The number of benzene rings is 2. The molecule has 0 aliphatic carbocycles. The van der Waals surface area contributed by atoms with E-state index < -0.39 is 0 Å². The third-order valence-corrected chi connectivity index (χ3v) is 3.37. The first-order valence-corrected chi connectivity index (χ1v) is 6.83. The summed E-state index contributed by atoms with van der Waals surface area (Å²) in [6.45, 7) is 2.15. The molecule has 0 aromatic heterocycles. The first-order chi connectivity index (χ1) is 9.24. The highest BCUT2D eigenvalue weighted by atomic mass is 16.3. The van der Waals surface area contributed by atoms with E-state index in [1.54, 1.807) is 0 Å². The van der Waals surface area contributed by atoms with E-state index in [1.807, 2.05) is 42.5 Å². The molecule has 2 N–H and O–H groups in total. The second-order valence-corrected chi connectivity index (χ2v) is 4.79. The summed E-state index contributed by atoms with van der Waals surface area (Å²) in [6, 6.07) is 13.4. The summed E-state index contributed by atoms with van der Waals surface area (Å²) in [7, 11) is 0. The molecular formula is C17H20O2. The number of phenolic OH excluding ortho intramolecular Hbond substituents is 2. The van der Waals surface area contributed by atoms with Crippen LogP contribution in [-0.2, 0) is 6.42 Å². The van der Waals surface area contributed by atoms with Crippen molar-refractivity contribution >= 4 is 0 Å². The summed E-state index contributed by atoms with van der Waals surface area (Å²) in [4.78, 5) is 0. The van der Waals surface area contributed by atoms with E-state index in [1.165, 1.54) is 0 Å². The highest BCUT2D eigenvalue weighted by Gasteiger charge is 2.12. The van der Waals surface area contributed by atoms with E-state index in [0.717, 1.165) is 36.8 Å². The molecule has 2 heteroatoms. The fourth-order valence-corrected chi connectivity index (χ4v) is 2.24. The highest BCUT2D eigenvalue weighted by molar-refractivity contribution is 5.74. The van der Waals surface area contributed by atoms with Gasteiger partial charge < -0.3 is 10.2 Å². The fourth-order valence-electron chi connectivity index (χ4n) is 2.24. The smallest absolute Gasteiger partial charge is 0.165 e. The Labute approximate surface area is 114 Å². The van der Waals surface area contributed by atoms with Crippen LogP contribution in [-0.4, -0.2) is 10.2 Å². The van der Waals surface area contributed by atoms with Gasteiger partial charge in [-0.15, -0.1) is 0 Å². The van der Waals surface area contributed by atoms with Crippen molar-refractivity contribution in [3.05, 3.63) is 48.0 Å². The molecule has 0 spiro atoms. The Morgan fingerprint density at radius 1 is 0.842 bits per heavy atom. The Balaban J connectivity index is 2.27. The van der Waals surface area contributed by atoms with Crippen LogP contribution in [0.5, 0.6) is 11.5 Å². The zero-order chi connectivity index (χ0) is 13.7. The number of phenols is 2. The lowest BCUT2D eigenvalue weighted by molar-refractivity contribution is 0.400. The summed E-state index contributed by atoms with van der Waals surface area (Å²) in [5.74, 6) is 0.0117. The van der Waals surface area contributed by atoms with E-state index in [4.69, 9.17) is 0 Å². The number of hydrogen-bond donors (Lipinski definition) is 2. The molecule has 0 radical (unpaired) electrons. The predicted octanol–water partition coefficient (Wildman–Crippen LogP) is 4.50. The average molecular weight is 256 g/mol. The van der Waals surface area contributed by atoms with Gasteiger partial charge in [0.2, 0.25) is 0 Å². The molecule has 0 heterocycles. The van der Waals surface area contributed by atoms with Crippen molar-refractivity contribution in [2.45, 2.75) is 32.6 Å². The van der Waals surface area contributed by atoms with Crippen molar-refractivity contribution < 1.29 is 10.2 Å². The second kappa shape index (κ2) is 6.28. The minimum atomic E-state index is -0.0137. The standard InChI is InChI=1S/C17H20O2/c1-2-3-5-10-14-11-12-15(17(19)16(14)18)13-8-6-4-7-9-13/h4,6-9,11-12,18-19H,2-3,5,10H2,1H3. The lowest BCUT2D eigenvalue weighted by atomic mass is 9.99. The monoisotopic (exact) mass is 256 g/mol. The van der Waals surface area contributed by atoms with E-state index >= 15 is 0 Å². The van der Waals surface area contributed by atoms with Crippen molar-refractivity contribution in [3.63, 3.8) is 0 Å². The summed E-state index contributed by atoms with van der Waals surface area (Å²) in [5, 5.41) is 20.2. The molecule has 0 aliphatic rings. The zero-order valence-electron chi connectivity index (χ0n) is 11.3. The summed E-state index contributed by atoms with van der Waals surface area (Å²) >= 11 is 0. The van der Waals surface area contributed by atoms with E-state index in [0.29, 0.717) is 5.56 Å². The van der Waals surface area contributed by atoms with Gasteiger partial charge in [0, 0.05) is 5.56 Å². The molecule has 0 amide bonds. The third-order valence-electron chi connectivity index (χ3n) is 3.37. The van der Waals surface area contributed by atoms with Crippen LogP contribution in [0.1, 0.15) is 31.7 Å². The van der Waals surface area contributed by atoms with Gasteiger partial charge in [-0.2, -0.15) is 0 Å². The predicted molar refractivity (Wildman–Crippen MR) is 78.4 cm³/mol. The van der Waals surface area contributed by atoms with Crippen LogP contribution >= 0.6 is 0 Å². The number of unbranched alkanes of at least 4 members (excludes halogenated alkanes) is 2. The zero-order valence-corrected chi connectivity index (χ0v) is 11.3.